The highest BCUT2D eigenvalue weighted by Crippen LogP contribution is 2.16. The molecule has 4 nitrogen and oxygen atoms in total. The molecule has 0 atom stereocenters. The molecule has 0 aliphatic carbocycles. The second-order valence-corrected chi connectivity index (χ2v) is 4.25. The molecule has 0 saturated heterocycles. The molecule has 0 spiro atoms. The summed E-state index contributed by atoms with van der Waals surface area (Å²) in [5.74, 6) is 1.89. The van der Waals surface area contributed by atoms with Crippen LogP contribution in [-0.4, -0.2) is 23.1 Å². The van der Waals surface area contributed by atoms with Crippen molar-refractivity contribution in [2.24, 2.45) is 0 Å². The topological polar surface area (TPSA) is 41.0 Å². The molecule has 4 heteroatoms. The summed E-state index contributed by atoms with van der Waals surface area (Å²) in [6.45, 7) is 6.76. The van der Waals surface area contributed by atoms with E-state index in [4.69, 9.17) is 0 Å². The van der Waals surface area contributed by atoms with E-state index in [9.17, 15) is 0 Å². The minimum atomic E-state index is 0.778. The lowest BCUT2D eigenvalue weighted by atomic mass is 10.3. The molecule has 19 heavy (non-hydrogen) atoms. The number of anilines is 2. The van der Waals surface area contributed by atoms with Gasteiger partial charge in [-0.3, -0.25) is 4.98 Å². The number of nitrogens with one attached hydrogen (secondary N) is 1. The lowest BCUT2D eigenvalue weighted by molar-refractivity contribution is 0.794. The third kappa shape index (κ3) is 3.68. The van der Waals surface area contributed by atoms with Crippen LogP contribution in [0, 0.1) is 0 Å². The average Bonchev–Trinajstić information content (AvgIpc) is 2.46. The molecule has 2 rings (SSSR count). The Bertz CT molecular complexity index is 499. The van der Waals surface area contributed by atoms with Crippen molar-refractivity contribution in [2.45, 2.75) is 20.4 Å². The van der Waals surface area contributed by atoms with Gasteiger partial charge in [-0.05, 0) is 38.1 Å². The minimum absolute atomic E-state index is 0.778. The van der Waals surface area contributed by atoms with Gasteiger partial charge in [0.2, 0.25) is 0 Å². The molecule has 0 bridgehead atoms. The van der Waals surface area contributed by atoms with Crippen molar-refractivity contribution in [3.63, 3.8) is 0 Å². The fraction of sp³-hybridized carbons (Fsp3) is 0.333. The normalized spacial score (nSPS) is 10.2. The Morgan fingerprint density at radius 3 is 2.68 bits per heavy atom. The van der Waals surface area contributed by atoms with Crippen molar-refractivity contribution in [3.8, 4) is 0 Å². The highest BCUT2D eigenvalue weighted by Gasteiger charge is 2.07. The van der Waals surface area contributed by atoms with Crippen LogP contribution in [0.15, 0.2) is 42.6 Å². The van der Waals surface area contributed by atoms with Crippen LogP contribution in [0.25, 0.3) is 0 Å². The fourth-order valence-corrected chi connectivity index (χ4v) is 1.92. The van der Waals surface area contributed by atoms with E-state index in [2.05, 4.69) is 34.0 Å². The minimum Gasteiger partial charge on any atom is -0.370 e. The molecule has 0 amide bonds. The van der Waals surface area contributed by atoms with Gasteiger partial charge < -0.3 is 10.2 Å². The Hall–Kier alpha value is -2.10. The zero-order valence-electron chi connectivity index (χ0n) is 11.5. The predicted molar refractivity (Wildman–Crippen MR) is 79.4 cm³/mol. The molecule has 2 heterocycles. The van der Waals surface area contributed by atoms with Crippen LogP contribution in [0.3, 0.4) is 0 Å². The molecule has 0 aliphatic rings. The van der Waals surface area contributed by atoms with Crippen molar-refractivity contribution in [3.05, 3.63) is 48.3 Å². The first kappa shape index (κ1) is 13.3. The second-order valence-electron chi connectivity index (χ2n) is 4.25. The highest BCUT2D eigenvalue weighted by atomic mass is 15.2. The third-order valence-electron chi connectivity index (χ3n) is 2.88. The van der Waals surface area contributed by atoms with Crippen molar-refractivity contribution >= 4 is 11.6 Å². The zero-order chi connectivity index (χ0) is 13.5. The lowest BCUT2D eigenvalue weighted by Crippen LogP contribution is -2.23. The van der Waals surface area contributed by atoms with Crippen LogP contribution in [0.5, 0.6) is 0 Å². The highest BCUT2D eigenvalue weighted by molar-refractivity contribution is 5.47. The molecule has 2 aromatic rings. The summed E-state index contributed by atoms with van der Waals surface area (Å²) in [4.78, 5) is 11.2. The monoisotopic (exact) mass is 256 g/mol. The van der Waals surface area contributed by atoms with E-state index in [0.29, 0.717) is 0 Å². The number of aromatic nitrogens is 2. The summed E-state index contributed by atoms with van der Waals surface area (Å²) in [5, 5.41) is 3.24. The van der Waals surface area contributed by atoms with Gasteiger partial charge in [0.1, 0.15) is 11.6 Å². The van der Waals surface area contributed by atoms with Crippen LogP contribution in [0.2, 0.25) is 0 Å². The lowest BCUT2D eigenvalue weighted by Gasteiger charge is -2.22. The van der Waals surface area contributed by atoms with Gasteiger partial charge in [-0.15, -0.1) is 0 Å². The van der Waals surface area contributed by atoms with Gasteiger partial charge in [-0.1, -0.05) is 12.1 Å². The van der Waals surface area contributed by atoms with E-state index in [1.54, 1.807) is 0 Å². The quantitative estimate of drug-likeness (QED) is 0.862. The van der Waals surface area contributed by atoms with Gasteiger partial charge in [0.15, 0.2) is 0 Å². The molecule has 0 saturated carbocycles. The molecule has 100 valence electrons. The van der Waals surface area contributed by atoms with E-state index in [-0.39, 0.29) is 0 Å². The van der Waals surface area contributed by atoms with E-state index < -0.39 is 0 Å². The average molecular weight is 256 g/mol. The molecule has 0 radical (unpaired) electrons. The maximum atomic E-state index is 4.62. The Labute approximate surface area is 114 Å². The van der Waals surface area contributed by atoms with Crippen LogP contribution in [0.1, 0.15) is 19.5 Å². The number of hydrogen-bond donors (Lipinski definition) is 1. The van der Waals surface area contributed by atoms with E-state index >= 15 is 0 Å². The molecular formula is C15H20N4. The van der Waals surface area contributed by atoms with E-state index in [0.717, 1.165) is 37.0 Å². The number of rotatable bonds is 6. The Kier molecular flexibility index (Phi) is 4.72. The SMILES string of the molecule is CCNc1cccc(N(CC)Cc2ccccn2)n1. The largest absolute Gasteiger partial charge is 0.370 e. The first-order valence-corrected chi connectivity index (χ1v) is 6.69. The molecule has 0 unspecified atom stereocenters. The van der Waals surface area contributed by atoms with Crippen molar-refractivity contribution < 1.29 is 0 Å². The zero-order valence-corrected chi connectivity index (χ0v) is 11.5. The van der Waals surface area contributed by atoms with E-state index in [1.165, 1.54) is 0 Å². The number of nitrogens with zero attached hydrogens (tertiary/aromatic N) is 3. The molecule has 0 aliphatic heterocycles. The Morgan fingerprint density at radius 1 is 1.11 bits per heavy atom. The van der Waals surface area contributed by atoms with Crippen molar-refractivity contribution in [1.82, 2.24) is 9.97 Å². The summed E-state index contributed by atoms with van der Waals surface area (Å²) in [6.07, 6.45) is 1.83. The van der Waals surface area contributed by atoms with Gasteiger partial charge in [-0.25, -0.2) is 4.98 Å². The molecule has 2 aromatic heterocycles. The van der Waals surface area contributed by atoms with Crippen molar-refractivity contribution in [2.75, 3.05) is 23.3 Å². The predicted octanol–water partition coefficient (Wildman–Crippen LogP) is 2.93. The van der Waals surface area contributed by atoms with Gasteiger partial charge in [0, 0.05) is 19.3 Å². The van der Waals surface area contributed by atoms with E-state index in [1.807, 2.05) is 42.6 Å². The molecule has 1 N–H and O–H groups in total. The first-order chi connectivity index (χ1) is 9.33. The summed E-state index contributed by atoms with van der Waals surface area (Å²) >= 11 is 0. The molecule has 0 fully saturated rings. The summed E-state index contributed by atoms with van der Waals surface area (Å²) < 4.78 is 0. The Morgan fingerprint density at radius 2 is 2.00 bits per heavy atom. The summed E-state index contributed by atoms with van der Waals surface area (Å²) in [7, 11) is 0. The van der Waals surface area contributed by atoms with Gasteiger partial charge >= 0.3 is 0 Å². The van der Waals surface area contributed by atoms with Gasteiger partial charge in [-0.2, -0.15) is 0 Å². The molecular weight excluding hydrogens is 236 g/mol. The van der Waals surface area contributed by atoms with Crippen molar-refractivity contribution in [1.29, 1.82) is 0 Å². The third-order valence-corrected chi connectivity index (χ3v) is 2.88. The summed E-state index contributed by atoms with van der Waals surface area (Å²) in [6, 6.07) is 12.0. The van der Waals surface area contributed by atoms with Crippen LogP contribution in [-0.2, 0) is 6.54 Å². The maximum absolute atomic E-state index is 4.62. The fourth-order valence-electron chi connectivity index (χ4n) is 1.92. The maximum Gasteiger partial charge on any atom is 0.131 e. The number of hydrogen-bond acceptors (Lipinski definition) is 4. The van der Waals surface area contributed by atoms with Gasteiger partial charge in [0.25, 0.3) is 0 Å². The molecule has 0 aromatic carbocycles. The smallest absolute Gasteiger partial charge is 0.131 e. The standard InChI is InChI=1S/C15H20N4/c1-3-16-14-9-7-10-15(18-14)19(4-2)12-13-8-5-6-11-17-13/h5-11H,3-4,12H2,1-2H3,(H,16,18). The van der Waals surface area contributed by atoms with Gasteiger partial charge in [0.05, 0.1) is 12.2 Å². The van der Waals surface area contributed by atoms with Crippen LogP contribution >= 0.6 is 0 Å². The second kappa shape index (κ2) is 6.73. The Balaban J connectivity index is 2.15. The summed E-state index contributed by atoms with van der Waals surface area (Å²) in [5.41, 5.74) is 1.06. The number of pyridine rings is 2. The first-order valence-electron chi connectivity index (χ1n) is 6.69. The van der Waals surface area contributed by atoms with Crippen LogP contribution in [0.4, 0.5) is 11.6 Å². The van der Waals surface area contributed by atoms with Crippen LogP contribution < -0.4 is 10.2 Å².